The topological polar surface area (TPSA) is 64.9 Å². The van der Waals surface area contributed by atoms with Crippen LogP contribution >= 0.6 is 0 Å². The fourth-order valence-corrected chi connectivity index (χ4v) is 3.34. The van der Waals surface area contributed by atoms with Crippen molar-refractivity contribution in [2.24, 2.45) is 5.10 Å². The molecule has 0 saturated heterocycles. The van der Waals surface area contributed by atoms with Gasteiger partial charge in [0, 0.05) is 18.7 Å². The quantitative estimate of drug-likeness (QED) is 0.564. The molecule has 2 N–H and O–H groups in total. The number of phenols is 1. The van der Waals surface area contributed by atoms with E-state index in [1.54, 1.807) is 6.07 Å². The molecule has 0 bridgehead atoms. The second-order valence-corrected chi connectivity index (χ2v) is 6.43. The minimum atomic E-state index is -0.172. The Labute approximate surface area is 151 Å². The molecule has 0 fully saturated rings. The third-order valence-corrected chi connectivity index (χ3v) is 4.60. The van der Waals surface area contributed by atoms with Crippen molar-refractivity contribution in [1.82, 2.24) is 10.3 Å². The maximum absolute atomic E-state index is 12.2. The Balaban J connectivity index is 1.40. The highest BCUT2D eigenvalue weighted by molar-refractivity contribution is 6.02. The van der Waals surface area contributed by atoms with Crippen LogP contribution in [0.3, 0.4) is 0 Å². The zero-order valence-electron chi connectivity index (χ0n) is 14.2. The third kappa shape index (κ3) is 3.30. The molecule has 1 amide bonds. The van der Waals surface area contributed by atoms with E-state index in [2.05, 4.69) is 27.6 Å². The lowest BCUT2D eigenvalue weighted by Crippen LogP contribution is -2.32. The second-order valence-electron chi connectivity index (χ2n) is 6.43. The van der Waals surface area contributed by atoms with Crippen LogP contribution in [0.25, 0.3) is 10.8 Å². The monoisotopic (exact) mass is 345 g/mol. The number of hydrogen-bond acceptors (Lipinski definition) is 4. The van der Waals surface area contributed by atoms with Crippen molar-refractivity contribution < 1.29 is 9.90 Å². The summed E-state index contributed by atoms with van der Waals surface area (Å²) in [6.45, 7) is 1.84. The molecule has 1 aliphatic rings. The summed E-state index contributed by atoms with van der Waals surface area (Å²) in [6.07, 6.45) is 1.49. The van der Waals surface area contributed by atoms with Crippen LogP contribution in [0.4, 0.5) is 0 Å². The summed E-state index contributed by atoms with van der Waals surface area (Å²) in [5, 5.41) is 16.0. The zero-order valence-corrected chi connectivity index (χ0v) is 14.2. The van der Waals surface area contributed by atoms with E-state index in [9.17, 15) is 9.90 Å². The van der Waals surface area contributed by atoms with Gasteiger partial charge in [-0.15, -0.1) is 0 Å². The van der Waals surface area contributed by atoms with Crippen molar-refractivity contribution in [3.05, 3.63) is 77.4 Å². The van der Waals surface area contributed by atoms with Crippen LogP contribution in [0.1, 0.15) is 16.7 Å². The molecule has 0 aliphatic carbocycles. The number of fused-ring (bicyclic) bond motifs is 2. The van der Waals surface area contributed by atoms with Gasteiger partial charge in [0.1, 0.15) is 5.75 Å². The summed E-state index contributed by atoms with van der Waals surface area (Å²) in [5.41, 5.74) is 5.68. The Morgan fingerprint density at radius 3 is 2.50 bits per heavy atom. The molecule has 0 saturated carbocycles. The fourth-order valence-electron chi connectivity index (χ4n) is 3.34. The number of carbonyl (C=O) groups excluding carboxylic acids is 1. The van der Waals surface area contributed by atoms with Crippen LogP contribution in [0.5, 0.6) is 5.75 Å². The van der Waals surface area contributed by atoms with Gasteiger partial charge in [0.2, 0.25) is 0 Å². The number of hydrazone groups is 1. The average Bonchev–Trinajstić information content (AvgIpc) is 3.05. The molecule has 1 heterocycles. The number of benzene rings is 3. The van der Waals surface area contributed by atoms with Gasteiger partial charge in [-0.3, -0.25) is 9.69 Å². The second kappa shape index (κ2) is 6.98. The first-order chi connectivity index (χ1) is 12.7. The Bertz CT molecular complexity index is 972. The SMILES string of the molecule is O=C(CN1Cc2ccccc2C1)N/N=C\c1c(O)ccc2ccccc12. The highest BCUT2D eigenvalue weighted by Crippen LogP contribution is 2.25. The molecule has 26 heavy (non-hydrogen) atoms. The van der Waals surface area contributed by atoms with Gasteiger partial charge < -0.3 is 5.11 Å². The van der Waals surface area contributed by atoms with Gasteiger partial charge in [-0.05, 0) is 28.0 Å². The number of nitrogens with zero attached hydrogens (tertiary/aromatic N) is 2. The summed E-state index contributed by atoms with van der Waals surface area (Å²) < 4.78 is 0. The molecule has 3 aromatic rings. The summed E-state index contributed by atoms with van der Waals surface area (Å²) in [4.78, 5) is 14.2. The molecule has 130 valence electrons. The summed E-state index contributed by atoms with van der Waals surface area (Å²) >= 11 is 0. The van der Waals surface area contributed by atoms with Gasteiger partial charge >= 0.3 is 0 Å². The molecule has 0 aromatic heterocycles. The van der Waals surface area contributed by atoms with Crippen LogP contribution in [0.2, 0.25) is 0 Å². The van der Waals surface area contributed by atoms with Crippen molar-refractivity contribution in [2.75, 3.05) is 6.54 Å². The molecule has 5 heteroatoms. The molecule has 0 unspecified atom stereocenters. The summed E-state index contributed by atoms with van der Waals surface area (Å²) in [7, 11) is 0. The normalized spacial score (nSPS) is 14.0. The fraction of sp³-hybridized carbons (Fsp3) is 0.143. The van der Waals surface area contributed by atoms with E-state index in [0.29, 0.717) is 5.56 Å². The van der Waals surface area contributed by atoms with Gasteiger partial charge in [0.25, 0.3) is 5.91 Å². The molecule has 5 nitrogen and oxygen atoms in total. The van der Waals surface area contributed by atoms with Gasteiger partial charge in [0.05, 0.1) is 12.8 Å². The van der Waals surface area contributed by atoms with E-state index in [0.717, 1.165) is 23.9 Å². The average molecular weight is 345 g/mol. The third-order valence-electron chi connectivity index (χ3n) is 4.60. The lowest BCUT2D eigenvalue weighted by Gasteiger charge is -2.12. The van der Waals surface area contributed by atoms with E-state index in [1.165, 1.54) is 17.3 Å². The van der Waals surface area contributed by atoms with E-state index in [-0.39, 0.29) is 18.2 Å². The van der Waals surface area contributed by atoms with Gasteiger partial charge in [0.15, 0.2) is 0 Å². The highest BCUT2D eigenvalue weighted by atomic mass is 16.3. The van der Waals surface area contributed by atoms with Crippen LogP contribution in [0.15, 0.2) is 65.8 Å². The Morgan fingerprint density at radius 2 is 1.73 bits per heavy atom. The first-order valence-corrected chi connectivity index (χ1v) is 8.52. The molecule has 0 atom stereocenters. The lowest BCUT2D eigenvalue weighted by atomic mass is 10.0. The number of amides is 1. The molecule has 0 radical (unpaired) electrons. The van der Waals surface area contributed by atoms with Gasteiger partial charge in [-0.25, -0.2) is 5.43 Å². The van der Waals surface area contributed by atoms with Crippen molar-refractivity contribution in [2.45, 2.75) is 13.1 Å². The zero-order chi connectivity index (χ0) is 17.9. The number of phenolic OH excluding ortho intramolecular Hbond substituents is 1. The molecule has 3 aromatic carbocycles. The summed E-state index contributed by atoms with van der Waals surface area (Å²) in [6, 6.07) is 19.4. The first kappa shape index (κ1) is 16.3. The van der Waals surface area contributed by atoms with Crippen molar-refractivity contribution in [3.8, 4) is 5.75 Å². The molecule has 1 aliphatic heterocycles. The van der Waals surface area contributed by atoms with Gasteiger partial charge in [-0.1, -0.05) is 54.6 Å². The number of aromatic hydroxyl groups is 1. The van der Waals surface area contributed by atoms with E-state index in [4.69, 9.17) is 0 Å². The minimum absolute atomic E-state index is 0.136. The molecule has 0 spiro atoms. The van der Waals surface area contributed by atoms with Crippen LogP contribution in [0, 0.1) is 0 Å². The largest absolute Gasteiger partial charge is 0.507 e. The molecule has 4 rings (SSSR count). The predicted molar refractivity (Wildman–Crippen MR) is 102 cm³/mol. The van der Waals surface area contributed by atoms with Crippen molar-refractivity contribution >= 4 is 22.9 Å². The van der Waals surface area contributed by atoms with Crippen molar-refractivity contribution in [3.63, 3.8) is 0 Å². The maximum atomic E-state index is 12.2. The Kier molecular flexibility index (Phi) is 4.37. The smallest absolute Gasteiger partial charge is 0.254 e. The Hall–Kier alpha value is -3.18. The first-order valence-electron chi connectivity index (χ1n) is 8.52. The standard InChI is InChI=1S/C21H19N3O2/c25-20-10-9-15-5-3-4-8-18(15)19(20)11-22-23-21(26)14-24-12-16-6-1-2-7-17(16)13-24/h1-11,25H,12-14H2,(H,23,26)/b22-11-. The van der Waals surface area contributed by atoms with E-state index >= 15 is 0 Å². The lowest BCUT2D eigenvalue weighted by molar-refractivity contribution is -0.122. The predicted octanol–water partition coefficient (Wildman–Crippen LogP) is 3.01. The van der Waals surface area contributed by atoms with E-state index < -0.39 is 0 Å². The maximum Gasteiger partial charge on any atom is 0.254 e. The summed E-state index contributed by atoms with van der Waals surface area (Å²) in [5.74, 6) is -0.0366. The Morgan fingerprint density at radius 1 is 1.04 bits per heavy atom. The van der Waals surface area contributed by atoms with E-state index in [1.807, 2.05) is 42.5 Å². The van der Waals surface area contributed by atoms with Crippen molar-refractivity contribution in [1.29, 1.82) is 0 Å². The number of nitrogens with one attached hydrogen (secondary N) is 1. The van der Waals surface area contributed by atoms with Crippen LogP contribution in [-0.2, 0) is 17.9 Å². The number of hydrogen-bond donors (Lipinski definition) is 2. The molecular formula is C21H19N3O2. The number of rotatable bonds is 4. The van der Waals surface area contributed by atoms with Crippen LogP contribution in [-0.4, -0.2) is 28.7 Å². The number of carbonyl (C=O) groups is 1. The highest BCUT2D eigenvalue weighted by Gasteiger charge is 2.20. The molecular weight excluding hydrogens is 326 g/mol. The van der Waals surface area contributed by atoms with Crippen LogP contribution < -0.4 is 5.43 Å². The minimum Gasteiger partial charge on any atom is -0.507 e. The van der Waals surface area contributed by atoms with Gasteiger partial charge in [-0.2, -0.15) is 5.10 Å².